The van der Waals surface area contributed by atoms with Crippen LogP contribution in [-0.4, -0.2) is 4.98 Å². The number of aromatic nitrogens is 1. The molecule has 15 heavy (non-hydrogen) atoms. The molecular formula is C12H9NO2. The van der Waals surface area contributed by atoms with Gasteiger partial charge in [-0.15, -0.1) is 0 Å². The highest BCUT2D eigenvalue weighted by atomic mass is 16.5. The van der Waals surface area contributed by atoms with Gasteiger partial charge >= 0.3 is 0 Å². The molecular weight excluding hydrogens is 190 g/mol. The van der Waals surface area contributed by atoms with E-state index in [1.807, 2.05) is 36.4 Å². The van der Waals surface area contributed by atoms with Gasteiger partial charge in [0, 0.05) is 6.20 Å². The molecule has 3 heteroatoms. The van der Waals surface area contributed by atoms with Crippen LogP contribution in [0, 0.1) is 0 Å². The van der Waals surface area contributed by atoms with Crippen LogP contribution in [0.15, 0.2) is 42.6 Å². The number of rotatable bonds is 0. The summed E-state index contributed by atoms with van der Waals surface area (Å²) in [7, 11) is 0. The van der Waals surface area contributed by atoms with Gasteiger partial charge < -0.3 is 9.47 Å². The second-order valence-electron chi connectivity index (χ2n) is 3.29. The highest BCUT2D eigenvalue weighted by Crippen LogP contribution is 2.35. The van der Waals surface area contributed by atoms with E-state index in [1.54, 1.807) is 6.20 Å². The quantitative estimate of drug-likeness (QED) is 0.653. The zero-order valence-electron chi connectivity index (χ0n) is 8.01. The van der Waals surface area contributed by atoms with Gasteiger partial charge in [-0.25, -0.2) is 0 Å². The summed E-state index contributed by atoms with van der Waals surface area (Å²) < 4.78 is 11.3. The fourth-order valence-electron chi connectivity index (χ4n) is 1.54. The van der Waals surface area contributed by atoms with Crippen molar-refractivity contribution in [3.63, 3.8) is 0 Å². The van der Waals surface area contributed by atoms with E-state index in [1.165, 1.54) is 0 Å². The van der Waals surface area contributed by atoms with Crippen molar-refractivity contribution in [3.8, 4) is 17.2 Å². The number of benzene rings is 1. The predicted molar refractivity (Wildman–Crippen MR) is 55.1 cm³/mol. The van der Waals surface area contributed by atoms with Crippen LogP contribution in [0.25, 0.3) is 0 Å². The van der Waals surface area contributed by atoms with Gasteiger partial charge in [-0.1, -0.05) is 12.1 Å². The molecule has 0 radical (unpaired) electrons. The first-order valence-corrected chi connectivity index (χ1v) is 4.77. The molecule has 0 unspecified atom stereocenters. The number of hydrogen-bond donors (Lipinski definition) is 0. The molecule has 1 aliphatic rings. The number of para-hydroxylation sites is 2. The van der Waals surface area contributed by atoms with Gasteiger partial charge in [0.2, 0.25) is 0 Å². The van der Waals surface area contributed by atoms with E-state index >= 15 is 0 Å². The summed E-state index contributed by atoms with van der Waals surface area (Å²) in [6, 6.07) is 11.4. The van der Waals surface area contributed by atoms with Gasteiger partial charge in [-0.2, -0.15) is 0 Å². The summed E-state index contributed by atoms with van der Waals surface area (Å²) in [5, 5.41) is 0. The van der Waals surface area contributed by atoms with Gasteiger partial charge in [-0.05, 0) is 24.3 Å². The van der Waals surface area contributed by atoms with Crippen molar-refractivity contribution in [2.24, 2.45) is 0 Å². The average molecular weight is 199 g/mol. The van der Waals surface area contributed by atoms with Crippen LogP contribution in [0.5, 0.6) is 17.2 Å². The Morgan fingerprint density at radius 2 is 1.73 bits per heavy atom. The maximum absolute atomic E-state index is 5.71. The molecule has 3 rings (SSSR count). The topological polar surface area (TPSA) is 31.4 Å². The molecule has 1 aromatic carbocycles. The molecule has 1 aliphatic heterocycles. The minimum Gasteiger partial charge on any atom is -0.483 e. The van der Waals surface area contributed by atoms with E-state index in [0.717, 1.165) is 22.9 Å². The Hall–Kier alpha value is -2.03. The largest absolute Gasteiger partial charge is 0.483 e. The molecule has 3 nitrogen and oxygen atoms in total. The maximum atomic E-state index is 5.71. The highest BCUT2D eigenvalue weighted by molar-refractivity contribution is 5.45. The number of pyridine rings is 1. The first kappa shape index (κ1) is 8.29. The van der Waals surface area contributed by atoms with Crippen LogP contribution in [0.2, 0.25) is 0 Å². The molecule has 0 N–H and O–H groups in total. The number of nitrogens with zero attached hydrogens (tertiary/aromatic N) is 1. The lowest BCUT2D eigenvalue weighted by Crippen LogP contribution is -1.95. The Bertz CT molecular complexity index is 451. The van der Waals surface area contributed by atoms with Crippen molar-refractivity contribution in [2.45, 2.75) is 6.61 Å². The van der Waals surface area contributed by atoms with Crippen LogP contribution in [0.3, 0.4) is 0 Å². The SMILES string of the molecule is c1ccc2c(c1)OCc1ncccc1O2. The lowest BCUT2D eigenvalue weighted by molar-refractivity contribution is 0.303. The Kier molecular flexibility index (Phi) is 1.81. The van der Waals surface area contributed by atoms with E-state index in [0.29, 0.717) is 6.61 Å². The number of hydrogen-bond acceptors (Lipinski definition) is 3. The van der Waals surface area contributed by atoms with Crippen molar-refractivity contribution in [1.29, 1.82) is 0 Å². The van der Waals surface area contributed by atoms with Crippen molar-refractivity contribution in [3.05, 3.63) is 48.3 Å². The molecule has 74 valence electrons. The lowest BCUT2D eigenvalue weighted by atomic mass is 10.3. The van der Waals surface area contributed by atoms with Gasteiger partial charge in [0.1, 0.15) is 12.3 Å². The highest BCUT2D eigenvalue weighted by Gasteiger charge is 2.14. The Morgan fingerprint density at radius 1 is 0.933 bits per heavy atom. The van der Waals surface area contributed by atoms with Crippen molar-refractivity contribution >= 4 is 0 Å². The summed E-state index contributed by atoms with van der Waals surface area (Å²) in [6.07, 6.45) is 1.74. The van der Waals surface area contributed by atoms with E-state index in [9.17, 15) is 0 Å². The van der Waals surface area contributed by atoms with Gasteiger partial charge in [0.15, 0.2) is 17.2 Å². The first-order valence-electron chi connectivity index (χ1n) is 4.77. The second-order valence-corrected chi connectivity index (χ2v) is 3.29. The summed E-state index contributed by atoms with van der Waals surface area (Å²) in [6.45, 7) is 0.452. The molecule has 2 aromatic rings. The molecule has 0 saturated carbocycles. The third kappa shape index (κ3) is 1.42. The summed E-state index contributed by atoms with van der Waals surface area (Å²) in [5.74, 6) is 2.27. The molecule has 1 aromatic heterocycles. The van der Waals surface area contributed by atoms with Crippen molar-refractivity contribution in [2.75, 3.05) is 0 Å². The van der Waals surface area contributed by atoms with Crippen LogP contribution in [0.1, 0.15) is 5.69 Å². The standard InChI is InChI=1S/C12H9NO2/c1-2-5-12-11(4-1)14-8-9-10(15-12)6-3-7-13-9/h1-7H,8H2. The molecule has 0 aliphatic carbocycles. The minimum atomic E-state index is 0.452. The summed E-state index contributed by atoms with van der Waals surface area (Å²) >= 11 is 0. The fraction of sp³-hybridized carbons (Fsp3) is 0.0833. The Balaban J connectivity index is 2.10. The van der Waals surface area contributed by atoms with Gasteiger partial charge in [0.05, 0.1) is 0 Å². The Morgan fingerprint density at radius 3 is 2.67 bits per heavy atom. The monoisotopic (exact) mass is 199 g/mol. The summed E-state index contributed by atoms with van der Waals surface area (Å²) in [5.41, 5.74) is 0.828. The zero-order valence-corrected chi connectivity index (χ0v) is 8.01. The van der Waals surface area contributed by atoms with Crippen molar-refractivity contribution in [1.82, 2.24) is 4.98 Å². The fourth-order valence-corrected chi connectivity index (χ4v) is 1.54. The van der Waals surface area contributed by atoms with E-state index in [2.05, 4.69) is 4.98 Å². The molecule has 0 amide bonds. The van der Waals surface area contributed by atoms with E-state index in [-0.39, 0.29) is 0 Å². The first-order chi connectivity index (χ1) is 7.43. The number of fused-ring (bicyclic) bond motifs is 2. The third-order valence-corrected chi connectivity index (χ3v) is 2.28. The molecule has 2 heterocycles. The van der Waals surface area contributed by atoms with Crippen LogP contribution < -0.4 is 9.47 Å². The van der Waals surface area contributed by atoms with Gasteiger partial charge in [-0.3, -0.25) is 4.98 Å². The maximum Gasteiger partial charge on any atom is 0.169 e. The third-order valence-electron chi connectivity index (χ3n) is 2.28. The van der Waals surface area contributed by atoms with Crippen LogP contribution in [0.4, 0.5) is 0 Å². The van der Waals surface area contributed by atoms with E-state index < -0.39 is 0 Å². The summed E-state index contributed by atoms with van der Waals surface area (Å²) in [4.78, 5) is 4.21. The minimum absolute atomic E-state index is 0.452. The molecule has 0 bridgehead atoms. The predicted octanol–water partition coefficient (Wildman–Crippen LogP) is 2.77. The Labute approximate surface area is 87.3 Å². The van der Waals surface area contributed by atoms with Gasteiger partial charge in [0.25, 0.3) is 0 Å². The molecule has 0 fully saturated rings. The normalized spacial score (nSPS) is 12.8. The van der Waals surface area contributed by atoms with Crippen molar-refractivity contribution < 1.29 is 9.47 Å². The molecule has 0 saturated heterocycles. The zero-order chi connectivity index (χ0) is 10.1. The number of ether oxygens (including phenoxy) is 2. The lowest BCUT2D eigenvalue weighted by Gasteiger charge is -2.05. The molecule has 0 spiro atoms. The van der Waals surface area contributed by atoms with Crippen LogP contribution in [-0.2, 0) is 6.61 Å². The average Bonchev–Trinajstić information content (AvgIpc) is 2.48. The van der Waals surface area contributed by atoms with E-state index in [4.69, 9.17) is 9.47 Å². The molecule has 0 atom stereocenters. The smallest absolute Gasteiger partial charge is 0.169 e. The van der Waals surface area contributed by atoms with Crippen LogP contribution >= 0.6 is 0 Å². The second kappa shape index (κ2) is 3.28.